The molecule has 0 atom stereocenters. The fraction of sp³-hybridized carbons (Fsp3) is 0.375. The lowest BCUT2D eigenvalue weighted by atomic mass is 10.3. The van der Waals surface area contributed by atoms with E-state index >= 15 is 0 Å². The molecule has 2 aromatic rings. The number of amides is 2. The van der Waals surface area contributed by atoms with Crippen LogP contribution in [0.3, 0.4) is 0 Å². The summed E-state index contributed by atoms with van der Waals surface area (Å²) in [4.78, 5) is 29.8. The molecule has 6 nitrogen and oxygen atoms in total. The van der Waals surface area contributed by atoms with Gasteiger partial charge in [0.2, 0.25) is 11.8 Å². The second kappa shape index (κ2) is 8.20. The maximum Gasteiger partial charge on any atom is 0.238 e. The van der Waals surface area contributed by atoms with Crippen molar-refractivity contribution in [3.05, 3.63) is 24.3 Å². The van der Waals surface area contributed by atoms with Crippen molar-refractivity contribution in [3.63, 3.8) is 0 Å². The lowest BCUT2D eigenvalue weighted by molar-refractivity contribution is -0.124. The molecule has 1 aromatic carbocycles. The zero-order valence-corrected chi connectivity index (χ0v) is 16.2. The normalized spacial score (nSPS) is 14.5. The number of carbonyl (C=O) groups is 2. The number of fused-ring (bicyclic) bond motifs is 1. The third-order valence-electron chi connectivity index (χ3n) is 3.77. The fourth-order valence-corrected chi connectivity index (χ4v) is 4.58. The highest BCUT2D eigenvalue weighted by Gasteiger charge is 2.25. The largest absolute Gasteiger partial charge is 0.354 e. The van der Waals surface area contributed by atoms with Crippen LogP contribution in [-0.2, 0) is 16.1 Å². The van der Waals surface area contributed by atoms with Crippen molar-refractivity contribution in [2.75, 3.05) is 24.6 Å². The number of aryl methyl sites for hydroxylation is 1. The summed E-state index contributed by atoms with van der Waals surface area (Å²) >= 11 is 7.90. The molecule has 1 N–H and O–H groups in total. The molecule has 132 valence electrons. The van der Waals surface area contributed by atoms with Gasteiger partial charge in [-0.25, -0.2) is 4.98 Å². The van der Waals surface area contributed by atoms with E-state index in [0.29, 0.717) is 23.2 Å². The third kappa shape index (κ3) is 4.16. The van der Waals surface area contributed by atoms with Crippen LogP contribution in [0.1, 0.15) is 6.92 Å². The van der Waals surface area contributed by atoms with E-state index in [0.717, 1.165) is 22.7 Å². The number of hydrogen-bond acceptors (Lipinski definition) is 6. The molecule has 0 saturated carbocycles. The van der Waals surface area contributed by atoms with Crippen molar-refractivity contribution in [1.82, 2.24) is 19.8 Å². The van der Waals surface area contributed by atoms with Crippen LogP contribution in [0, 0.1) is 0 Å². The number of nitrogens with zero attached hydrogens (tertiary/aromatic N) is 3. The molecule has 1 aliphatic rings. The Morgan fingerprint density at radius 2 is 2.24 bits per heavy atom. The summed E-state index contributed by atoms with van der Waals surface area (Å²) in [6.07, 6.45) is 0. The van der Waals surface area contributed by atoms with E-state index in [2.05, 4.69) is 21.8 Å². The Hall–Kier alpha value is -1.58. The quantitative estimate of drug-likeness (QED) is 0.573. The zero-order valence-electron chi connectivity index (χ0n) is 13.7. The van der Waals surface area contributed by atoms with E-state index in [1.54, 1.807) is 4.90 Å². The second-order valence-electron chi connectivity index (χ2n) is 5.37. The molecule has 1 fully saturated rings. The number of thiocarbonyl (C=S) groups is 1. The Labute approximate surface area is 159 Å². The van der Waals surface area contributed by atoms with E-state index < -0.39 is 0 Å². The van der Waals surface area contributed by atoms with Crippen molar-refractivity contribution in [2.24, 2.45) is 0 Å². The minimum absolute atomic E-state index is 0.00953. The fourth-order valence-electron chi connectivity index (χ4n) is 2.55. The van der Waals surface area contributed by atoms with Gasteiger partial charge >= 0.3 is 0 Å². The van der Waals surface area contributed by atoms with Crippen molar-refractivity contribution in [1.29, 1.82) is 0 Å². The van der Waals surface area contributed by atoms with Gasteiger partial charge in [0.05, 0.1) is 22.5 Å². The highest BCUT2D eigenvalue weighted by Crippen LogP contribution is 2.23. The van der Waals surface area contributed by atoms with Gasteiger partial charge in [-0.3, -0.25) is 14.5 Å². The SMILES string of the molecule is CCn1c(SCC(=O)NCCN2C(=O)CSC2=S)nc2ccccc21. The standard InChI is InChI=1S/C16H18N4O2S3/c1-2-19-12-6-4-3-5-11(12)18-15(19)24-9-13(21)17-7-8-20-14(22)10-25-16(20)23/h3-6H,2,7-10H2,1H3,(H,17,21). The van der Waals surface area contributed by atoms with Gasteiger partial charge in [0.25, 0.3) is 0 Å². The number of nitrogens with one attached hydrogen (secondary N) is 1. The van der Waals surface area contributed by atoms with E-state index in [1.807, 2.05) is 24.3 Å². The van der Waals surface area contributed by atoms with Gasteiger partial charge in [-0.1, -0.05) is 47.9 Å². The minimum Gasteiger partial charge on any atom is -0.354 e. The Morgan fingerprint density at radius 1 is 1.44 bits per heavy atom. The van der Waals surface area contributed by atoms with Crippen LogP contribution < -0.4 is 5.32 Å². The lowest BCUT2D eigenvalue weighted by Crippen LogP contribution is -2.37. The van der Waals surface area contributed by atoms with E-state index in [1.165, 1.54) is 23.5 Å². The number of rotatable bonds is 7. The van der Waals surface area contributed by atoms with Crippen LogP contribution in [0.4, 0.5) is 0 Å². The summed E-state index contributed by atoms with van der Waals surface area (Å²) in [5, 5.41) is 3.67. The molecule has 3 rings (SSSR count). The summed E-state index contributed by atoms with van der Waals surface area (Å²) in [7, 11) is 0. The summed E-state index contributed by atoms with van der Waals surface area (Å²) in [5.41, 5.74) is 2.01. The molecular weight excluding hydrogens is 376 g/mol. The molecule has 0 aliphatic carbocycles. The predicted molar refractivity (Wildman–Crippen MR) is 106 cm³/mol. The Balaban J connectivity index is 1.51. The molecule has 0 spiro atoms. The lowest BCUT2D eigenvalue weighted by Gasteiger charge is -2.15. The van der Waals surface area contributed by atoms with Crippen molar-refractivity contribution >= 4 is 62.9 Å². The molecule has 1 saturated heterocycles. The van der Waals surface area contributed by atoms with Gasteiger partial charge in [-0.2, -0.15) is 0 Å². The summed E-state index contributed by atoms with van der Waals surface area (Å²) in [6, 6.07) is 7.95. The first kappa shape index (κ1) is 18.2. The monoisotopic (exact) mass is 394 g/mol. The number of carbonyl (C=O) groups excluding carboxylic acids is 2. The average molecular weight is 395 g/mol. The Kier molecular flexibility index (Phi) is 5.98. The van der Waals surface area contributed by atoms with E-state index in [9.17, 15) is 9.59 Å². The van der Waals surface area contributed by atoms with Crippen LogP contribution in [0.2, 0.25) is 0 Å². The average Bonchev–Trinajstić information content (AvgIpc) is 3.13. The number of hydrogen-bond donors (Lipinski definition) is 1. The maximum absolute atomic E-state index is 12.1. The first-order chi connectivity index (χ1) is 12.1. The van der Waals surface area contributed by atoms with Crippen LogP contribution in [0.25, 0.3) is 11.0 Å². The Morgan fingerprint density at radius 3 is 2.96 bits per heavy atom. The number of imidazole rings is 1. The molecule has 0 radical (unpaired) electrons. The van der Waals surface area contributed by atoms with Gasteiger partial charge in [0.15, 0.2) is 5.16 Å². The number of para-hydroxylation sites is 2. The van der Waals surface area contributed by atoms with E-state index in [-0.39, 0.29) is 17.6 Å². The number of thioether (sulfide) groups is 2. The maximum atomic E-state index is 12.1. The van der Waals surface area contributed by atoms with Gasteiger partial charge in [0, 0.05) is 19.6 Å². The molecule has 25 heavy (non-hydrogen) atoms. The van der Waals surface area contributed by atoms with Crippen LogP contribution in [0.5, 0.6) is 0 Å². The highest BCUT2D eigenvalue weighted by molar-refractivity contribution is 8.23. The minimum atomic E-state index is -0.0788. The predicted octanol–water partition coefficient (Wildman–Crippen LogP) is 2.12. The topological polar surface area (TPSA) is 67.2 Å². The van der Waals surface area contributed by atoms with Gasteiger partial charge in [-0.15, -0.1) is 0 Å². The van der Waals surface area contributed by atoms with Crippen molar-refractivity contribution in [2.45, 2.75) is 18.6 Å². The molecular formula is C16H18N4O2S3. The van der Waals surface area contributed by atoms with Crippen LogP contribution in [-0.4, -0.2) is 55.2 Å². The zero-order chi connectivity index (χ0) is 17.8. The van der Waals surface area contributed by atoms with Gasteiger partial charge in [0.1, 0.15) is 4.32 Å². The molecule has 0 unspecified atom stereocenters. The van der Waals surface area contributed by atoms with Gasteiger partial charge in [-0.05, 0) is 19.1 Å². The van der Waals surface area contributed by atoms with Crippen molar-refractivity contribution in [3.8, 4) is 0 Å². The Bertz CT molecular complexity index is 805. The molecule has 1 aromatic heterocycles. The molecule has 2 amide bonds. The smallest absolute Gasteiger partial charge is 0.238 e. The highest BCUT2D eigenvalue weighted by atomic mass is 32.2. The summed E-state index contributed by atoms with van der Waals surface area (Å²) < 4.78 is 2.69. The van der Waals surface area contributed by atoms with Crippen LogP contribution in [0.15, 0.2) is 29.4 Å². The third-order valence-corrected chi connectivity index (χ3v) is 6.18. The van der Waals surface area contributed by atoms with E-state index in [4.69, 9.17) is 12.2 Å². The molecule has 0 bridgehead atoms. The number of benzene rings is 1. The van der Waals surface area contributed by atoms with Crippen LogP contribution >= 0.6 is 35.7 Å². The van der Waals surface area contributed by atoms with Crippen molar-refractivity contribution < 1.29 is 9.59 Å². The first-order valence-electron chi connectivity index (χ1n) is 7.92. The summed E-state index contributed by atoms with van der Waals surface area (Å²) in [6.45, 7) is 3.69. The second-order valence-corrected chi connectivity index (χ2v) is 7.92. The summed E-state index contributed by atoms with van der Waals surface area (Å²) in [5.74, 6) is 0.618. The number of aromatic nitrogens is 2. The van der Waals surface area contributed by atoms with Gasteiger partial charge < -0.3 is 9.88 Å². The molecule has 1 aliphatic heterocycles. The first-order valence-corrected chi connectivity index (χ1v) is 10.3. The molecule has 2 heterocycles. The molecule has 9 heteroatoms.